The van der Waals surface area contributed by atoms with E-state index in [9.17, 15) is 4.79 Å². The molecule has 0 aromatic carbocycles. The second-order valence-corrected chi connectivity index (χ2v) is 8.31. The van der Waals surface area contributed by atoms with Crippen molar-refractivity contribution in [2.75, 3.05) is 52.2 Å². The van der Waals surface area contributed by atoms with Crippen molar-refractivity contribution >= 4 is 11.9 Å². The van der Waals surface area contributed by atoms with Crippen LogP contribution in [-0.2, 0) is 21.6 Å². The van der Waals surface area contributed by atoms with Gasteiger partial charge in [-0.1, -0.05) is 0 Å². The Kier molecular flexibility index (Phi) is 4.61. The minimum atomic E-state index is -0.121. The highest BCUT2D eigenvalue weighted by Gasteiger charge is 2.45. The Morgan fingerprint density at radius 1 is 1.38 bits per heavy atom. The van der Waals surface area contributed by atoms with E-state index in [0.717, 1.165) is 54.9 Å². The number of rotatable bonds is 5. The number of aromatic nitrogens is 2. The number of ether oxygens (including phenoxy) is 1. The van der Waals surface area contributed by atoms with Crippen LogP contribution in [0.25, 0.3) is 0 Å². The molecule has 1 aromatic rings. The van der Waals surface area contributed by atoms with Crippen LogP contribution < -0.4 is 5.32 Å². The van der Waals surface area contributed by atoms with Gasteiger partial charge in [-0.25, -0.2) is 9.97 Å². The number of aryl methyl sites for hydroxylation is 1. The molecule has 1 saturated carbocycles. The molecule has 7 nitrogen and oxygen atoms in total. The van der Waals surface area contributed by atoms with Gasteiger partial charge in [-0.2, -0.15) is 0 Å². The number of carbonyl (C=O) groups is 1. The lowest BCUT2D eigenvalue weighted by molar-refractivity contribution is -0.129. The fraction of sp³-hybridized carbons (Fsp3) is 0.737. The largest absolute Gasteiger partial charge is 0.376 e. The van der Waals surface area contributed by atoms with Crippen molar-refractivity contribution in [2.24, 2.45) is 5.92 Å². The molecule has 7 heteroatoms. The molecule has 3 aliphatic rings. The number of fused-ring (bicyclic) bond motifs is 2. The van der Waals surface area contributed by atoms with Gasteiger partial charge in [0.05, 0.1) is 30.9 Å². The minimum Gasteiger partial charge on any atom is -0.376 e. The van der Waals surface area contributed by atoms with Crippen molar-refractivity contribution < 1.29 is 9.53 Å². The summed E-state index contributed by atoms with van der Waals surface area (Å²) in [4.78, 5) is 25.6. The van der Waals surface area contributed by atoms with Crippen molar-refractivity contribution in [3.8, 4) is 0 Å². The number of carbonyl (C=O) groups excluding carboxylic acids is 1. The number of hydrogen-bond donors (Lipinski definition) is 1. The zero-order chi connectivity index (χ0) is 18.3. The third-order valence-corrected chi connectivity index (χ3v) is 5.88. The second kappa shape index (κ2) is 6.78. The molecule has 1 atom stereocenters. The molecule has 1 N–H and O–H groups in total. The van der Waals surface area contributed by atoms with Crippen LogP contribution in [0.3, 0.4) is 0 Å². The lowest BCUT2D eigenvalue weighted by atomic mass is 9.80. The van der Waals surface area contributed by atoms with Gasteiger partial charge in [-0.3, -0.25) is 9.69 Å². The minimum absolute atomic E-state index is 0.121. The van der Waals surface area contributed by atoms with Crippen LogP contribution in [0, 0.1) is 12.8 Å². The molecule has 3 heterocycles. The van der Waals surface area contributed by atoms with Crippen molar-refractivity contribution in [2.45, 2.75) is 38.2 Å². The number of hydrogen-bond acceptors (Lipinski definition) is 6. The SMILES string of the molecule is Cc1nc(NCC2CC2)nc2c1COC[C@@]21CCN(CC(=O)N(C)C)C1. The summed E-state index contributed by atoms with van der Waals surface area (Å²) in [6, 6.07) is 0. The zero-order valence-electron chi connectivity index (χ0n) is 16.0. The molecule has 0 radical (unpaired) electrons. The number of likely N-dealkylation sites (N-methyl/N-ethyl adjacent to an activating group) is 1. The molecular weight excluding hydrogens is 330 g/mol. The van der Waals surface area contributed by atoms with Gasteiger partial charge < -0.3 is 15.0 Å². The van der Waals surface area contributed by atoms with Gasteiger partial charge in [0.25, 0.3) is 0 Å². The first-order valence-corrected chi connectivity index (χ1v) is 9.59. The predicted octanol–water partition coefficient (Wildman–Crippen LogP) is 1.17. The van der Waals surface area contributed by atoms with E-state index in [2.05, 4.69) is 15.2 Å². The lowest BCUT2D eigenvalue weighted by Crippen LogP contribution is -2.43. The summed E-state index contributed by atoms with van der Waals surface area (Å²) in [6.45, 7) is 6.45. The summed E-state index contributed by atoms with van der Waals surface area (Å²) < 4.78 is 5.94. The first-order chi connectivity index (χ1) is 12.5. The van der Waals surface area contributed by atoms with Crippen molar-refractivity contribution in [1.82, 2.24) is 19.8 Å². The first kappa shape index (κ1) is 17.7. The number of nitrogens with zero attached hydrogens (tertiary/aromatic N) is 4. The summed E-state index contributed by atoms with van der Waals surface area (Å²) in [7, 11) is 3.61. The summed E-state index contributed by atoms with van der Waals surface area (Å²) in [5, 5.41) is 3.42. The molecule has 2 aliphatic heterocycles. The van der Waals surface area contributed by atoms with Gasteiger partial charge in [0.2, 0.25) is 11.9 Å². The number of amides is 1. The van der Waals surface area contributed by atoms with Gasteiger partial charge in [-0.15, -0.1) is 0 Å². The van der Waals surface area contributed by atoms with E-state index in [0.29, 0.717) is 19.8 Å². The van der Waals surface area contributed by atoms with E-state index in [1.54, 1.807) is 4.90 Å². The smallest absolute Gasteiger partial charge is 0.236 e. The average molecular weight is 359 g/mol. The van der Waals surface area contributed by atoms with Crippen LogP contribution in [-0.4, -0.2) is 72.6 Å². The monoisotopic (exact) mass is 359 g/mol. The molecule has 1 amide bonds. The third kappa shape index (κ3) is 3.42. The highest BCUT2D eigenvalue weighted by atomic mass is 16.5. The summed E-state index contributed by atoms with van der Waals surface area (Å²) in [5.41, 5.74) is 3.16. The molecule has 1 saturated heterocycles. The Hall–Kier alpha value is -1.73. The first-order valence-electron chi connectivity index (χ1n) is 9.59. The van der Waals surface area contributed by atoms with E-state index < -0.39 is 0 Å². The van der Waals surface area contributed by atoms with E-state index in [4.69, 9.17) is 9.72 Å². The summed E-state index contributed by atoms with van der Waals surface area (Å²) in [6.07, 6.45) is 3.59. The fourth-order valence-corrected chi connectivity index (χ4v) is 4.00. The van der Waals surface area contributed by atoms with Crippen LogP contribution >= 0.6 is 0 Å². The van der Waals surface area contributed by atoms with Crippen molar-refractivity contribution in [1.29, 1.82) is 0 Å². The Balaban J connectivity index is 1.56. The number of likely N-dealkylation sites (tertiary alicyclic amines) is 1. The highest BCUT2D eigenvalue weighted by molar-refractivity contribution is 5.77. The molecule has 142 valence electrons. The molecule has 1 aliphatic carbocycles. The number of anilines is 1. The quantitative estimate of drug-likeness (QED) is 0.851. The van der Waals surface area contributed by atoms with E-state index in [1.807, 2.05) is 21.0 Å². The molecular formula is C19H29N5O2. The molecule has 4 rings (SSSR count). The van der Waals surface area contributed by atoms with Crippen LogP contribution in [0.2, 0.25) is 0 Å². The van der Waals surface area contributed by atoms with Gasteiger partial charge in [-0.05, 0) is 38.6 Å². The molecule has 26 heavy (non-hydrogen) atoms. The molecule has 0 unspecified atom stereocenters. The Morgan fingerprint density at radius 3 is 2.92 bits per heavy atom. The van der Waals surface area contributed by atoms with E-state index in [1.165, 1.54) is 12.8 Å². The molecule has 2 fully saturated rings. The highest BCUT2D eigenvalue weighted by Crippen LogP contribution is 2.40. The lowest BCUT2D eigenvalue weighted by Gasteiger charge is -2.35. The third-order valence-electron chi connectivity index (χ3n) is 5.88. The van der Waals surface area contributed by atoms with Crippen LogP contribution in [0.5, 0.6) is 0 Å². The Morgan fingerprint density at radius 2 is 2.19 bits per heavy atom. The van der Waals surface area contributed by atoms with Gasteiger partial charge in [0.1, 0.15) is 0 Å². The van der Waals surface area contributed by atoms with Crippen molar-refractivity contribution in [3.05, 3.63) is 17.0 Å². The molecule has 0 bridgehead atoms. The normalized spacial score (nSPS) is 25.3. The summed E-state index contributed by atoms with van der Waals surface area (Å²) >= 11 is 0. The van der Waals surface area contributed by atoms with Crippen molar-refractivity contribution in [3.63, 3.8) is 0 Å². The zero-order valence-corrected chi connectivity index (χ0v) is 16.0. The maximum atomic E-state index is 12.1. The van der Waals surface area contributed by atoms with E-state index in [-0.39, 0.29) is 11.3 Å². The maximum absolute atomic E-state index is 12.1. The Bertz CT molecular complexity index is 703. The standard InChI is InChI=1S/C19H29N5O2/c1-13-15-10-26-12-19(6-7-24(11-19)9-16(25)23(2)3)17(15)22-18(21-13)20-8-14-4-5-14/h14H,4-12H2,1-3H3,(H,20,21,22)/t19-/m0/s1. The summed E-state index contributed by atoms with van der Waals surface area (Å²) in [5.74, 6) is 1.67. The number of nitrogens with one attached hydrogen (secondary N) is 1. The topological polar surface area (TPSA) is 70.6 Å². The van der Waals surface area contributed by atoms with Crippen LogP contribution in [0.1, 0.15) is 36.2 Å². The van der Waals surface area contributed by atoms with Crippen LogP contribution in [0.4, 0.5) is 5.95 Å². The predicted molar refractivity (Wildman–Crippen MR) is 99.1 cm³/mol. The molecule has 1 aromatic heterocycles. The van der Waals surface area contributed by atoms with E-state index >= 15 is 0 Å². The Labute approximate surface area is 155 Å². The van der Waals surface area contributed by atoms with Gasteiger partial charge >= 0.3 is 0 Å². The van der Waals surface area contributed by atoms with Gasteiger partial charge in [0.15, 0.2) is 0 Å². The fourth-order valence-electron chi connectivity index (χ4n) is 4.00. The molecule has 1 spiro atoms. The van der Waals surface area contributed by atoms with Crippen LogP contribution in [0.15, 0.2) is 0 Å². The maximum Gasteiger partial charge on any atom is 0.236 e. The second-order valence-electron chi connectivity index (χ2n) is 8.31. The average Bonchev–Trinajstić information content (AvgIpc) is 3.36. The van der Waals surface area contributed by atoms with Gasteiger partial charge in [0, 0.05) is 38.4 Å².